The van der Waals surface area contributed by atoms with Gasteiger partial charge in [-0.05, 0) is 55.8 Å². The Labute approximate surface area is 226 Å². The molecule has 4 bridgehead atoms. The summed E-state index contributed by atoms with van der Waals surface area (Å²) in [6.07, 6.45) is 1.28. The van der Waals surface area contributed by atoms with Crippen molar-refractivity contribution in [3.8, 4) is 17.2 Å². The second kappa shape index (κ2) is 11.1. The number of methoxy groups -OCH3 is 1. The topological polar surface area (TPSA) is 124 Å². The van der Waals surface area contributed by atoms with Gasteiger partial charge in [-0.25, -0.2) is 0 Å². The van der Waals surface area contributed by atoms with Crippen LogP contribution in [-0.2, 0) is 11.3 Å². The Morgan fingerprint density at radius 2 is 1.90 bits per heavy atom. The highest BCUT2D eigenvalue weighted by molar-refractivity contribution is 5.96. The smallest absolute Gasteiger partial charge is 0.274 e. The first kappa shape index (κ1) is 26.1. The molecule has 2 N–H and O–H groups in total. The fraction of sp³-hybridized carbons (Fsp3) is 0.357. The van der Waals surface area contributed by atoms with Gasteiger partial charge in [-0.3, -0.25) is 19.1 Å². The lowest BCUT2D eigenvalue weighted by Gasteiger charge is -2.21. The Kier molecular flexibility index (Phi) is 7.40. The SMILES string of the molecule is COc1ccc2cc1OCC(=O)NCc1ccc(cc1)O[C@H]1CN(C(=O)c3ccn(C(C)C)n3)C[C@@H]1NC2=O. The van der Waals surface area contributed by atoms with Crippen LogP contribution in [0, 0.1) is 0 Å². The minimum absolute atomic E-state index is 0.128. The summed E-state index contributed by atoms with van der Waals surface area (Å²) in [5, 5.41) is 10.2. The zero-order valence-electron chi connectivity index (χ0n) is 22.0. The van der Waals surface area contributed by atoms with Crippen LogP contribution in [0.1, 0.15) is 46.3 Å². The summed E-state index contributed by atoms with van der Waals surface area (Å²) in [5.74, 6) is 0.343. The number of nitrogens with zero attached hydrogens (tertiary/aromatic N) is 3. The average molecular weight is 534 g/mol. The van der Waals surface area contributed by atoms with Crippen LogP contribution in [0.15, 0.2) is 54.7 Å². The molecule has 0 unspecified atom stereocenters. The molecule has 3 aliphatic heterocycles. The Balaban J connectivity index is 1.43. The fourth-order valence-corrected chi connectivity index (χ4v) is 4.54. The minimum Gasteiger partial charge on any atom is -0.493 e. The summed E-state index contributed by atoms with van der Waals surface area (Å²) in [6.45, 7) is 4.58. The Morgan fingerprint density at radius 3 is 2.62 bits per heavy atom. The fourth-order valence-electron chi connectivity index (χ4n) is 4.54. The van der Waals surface area contributed by atoms with Crippen LogP contribution in [0.5, 0.6) is 17.2 Å². The Morgan fingerprint density at radius 1 is 1.10 bits per heavy atom. The first-order valence-electron chi connectivity index (χ1n) is 12.8. The van der Waals surface area contributed by atoms with E-state index in [9.17, 15) is 14.4 Å². The molecule has 6 rings (SSSR count). The van der Waals surface area contributed by atoms with E-state index in [0.29, 0.717) is 29.3 Å². The van der Waals surface area contributed by atoms with E-state index in [1.54, 1.807) is 46.1 Å². The molecule has 0 saturated carbocycles. The van der Waals surface area contributed by atoms with E-state index in [2.05, 4.69) is 15.7 Å². The molecule has 39 heavy (non-hydrogen) atoms. The third kappa shape index (κ3) is 5.82. The molecule has 3 aliphatic rings. The lowest BCUT2D eigenvalue weighted by Crippen LogP contribution is -2.45. The van der Waals surface area contributed by atoms with Crippen LogP contribution in [0.3, 0.4) is 0 Å². The zero-order chi connectivity index (χ0) is 27.5. The number of amides is 3. The number of nitrogens with one attached hydrogen (secondary N) is 2. The molecule has 3 aromatic rings. The van der Waals surface area contributed by atoms with E-state index < -0.39 is 12.1 Å². The molecule has 2 aromatic carbocycles. The third-order valence-electron chi connectivity index (χ3n) is 6.71. The van der Waals surface area contributed by atoms with Crippen molar-refractivity contribution in [2.75, 3.05) is 26.8 Å². The van der Waals surface area contributed by atoms with Crippen molar-refractivity contribution >= 4 is 17.7 Å². The van der Waals surface area contributed by atoms with Gasteiger partial charge < -0.3 is 29.7 Å². The minimum atomic E-state index is -0.500. The number of carbonyl (C=O) groups is 3. The van der Waals surface area contributed by atoms with Crippen molar-refractivity contribution < 1.29 is 28.6 Å². The number of ether oxygens (including phenoxy) is 3. The van der Waals surface area contributed by atoms with Crippen LogP contribution < -0.4 is 24.8 Å². The van der Waals surface area contributed by atoms with E-state index >= 15 is 0 Å². The highest BCUT2D eigenvalue weighted by atomic mass is 16.5. The molecule has 11 heteroatoms. The summed E-state index contributed by atoms with van der Waals surface area (Å²) in [7, 11) is 1.48. The molecular weight excluding hydrogens is 502 g/mol. The molecule has 1 aromatic heterocycles. The van der Waals surface area contributed by atoms with E-state index in [4.69, 9.17) is 14.2 Å². The van der Waals surface area contributed by atoms with Gasteiger partial charge in [0.15, 0.2) is 18.1 Å². The lowest BCUT2D eigenvalue weighted by molar-refractivity contribution is -0.123. The number of fused-ring (bicyclic) bond motifs is 7. The van der Waals surface area contributed by atoms with Gasteiger partial charge in [0.2, 0.25) is 0 Å². The number of rotatable bonds is 3. The average Bonchev–Trinajstić information content (AvgIpc) is 3.58. The zero-order valence-corrected chi connectivity index (χ0v) is 22.0. The van der Waals surface area contributed by atoms with Crippen molar-refractivity contribution in [1.29, 1.82) is 0 Å². The highest BCUT2D eigenvalue weighted by Gasteiger charge is 2.39. The van der Waals surface area contributed by atoms with Crippen molar-refractivity contribution in [2.24, 2.45) is 0 Å². The molecule has 204 valence electrons. The maximum Gasteiger partial charge on any atom is 0.274 e. The Hall–Kier alpha value is -4.54. The number of carbonyl (C=O) groups excluding carboxylic acids is 3. The van der Waals surface area contributed by atoms with Crippen molar-refractivity contribution in [1.82, 2.24) is 25.3 Å². The maximum absolute atomic E-state index is 13.3. The quantitative estimate of drug-likeness (QED) is 0.529. The van der Waals surface area contributed by atoms with Crippen molar-refractivity contribution in [3.05, 3.63) is 71.5 Å². The largest absolute Gasteiger partial charge is 0.493 e. The first-order chi connectivity index (χ1) is 18.8. The highest BCUT2D eigenvalue weighted by Crippen LogP contribution is 2.29. The summed E-state index contributed by atoms with van der Waals surface area (Å²) in [5.41, 5.74) is 1.54. The number of hydrogen-bond donors (Lipinski definition) is 2. The molecular formula is C28H31N5O6. The molecule has 0 spiro atoms. The van der Waals surface area contributed by atoms with E-state index in [0.717, 1.165) is 5.56 Å². The molecule has 0 aliphatic carbocycles. The second-order valence-electron chi connectivity index (χ2n) is 9.80. The molecule has 4 heterocycles. The van der Waals surface area contributed by atoms with Crippen molar-refractivity contribution in [3.63, 3.8) is 0 Å². The summed E-state index contributed by atoms with van der Waals surface area (Å²) in [6, 6.07) is 13.4. The number of aromatic nitrogens is 2. The maximum atomic E-state index is 13.3. The Bertz CT molecular complexity index is 1370. The van der Waals surface area contributed by atoms with Crippen LogP contribution in [0.2, 0.25) is 0 Å². The normalized spacial score (nSPS) is 19.4. The number of benzene rings is 2. The molecule has 3 amide bonds. The summed E-state index contributed by atoms with van der Waals surface area (Å²) < 4.78 is 19.0. The van der Waals surface area contributed by atoms with Crippen LogP contribution >= 0.6 is 0 Å². The standard InChI is InChI=1S/C28H31N5O6/c1-17(2)33-11-10-21(31-33)28(36)32-14-22-25(15-32)39-20-7-4-18(5-8-20)13-29-26(34)16-38-24-12-19(27(35)30-22)6-9-23(24)37-3/h4-12,17,22,25H,13-16H2,1-3H3,(H,29,34)(H,30,35)/t22-,25-/m0/s1. The second-order valence-corrected chi connectivity index (χ2v) is 9.80. The number of likely N-dealkylation sites (tertiary alicyclic amines) is 1. The van der Waals surface area contributed by atoms with Gasteiger partial charge in [-0.1, -0.05) is 12.1 Å². The lowest BCUT2D eigenvalue weighted by atomic mass is 10.1. The van der Waals surface area contributed by atoms with E-state index in [1.165, 1.54) is 13.2 Å². The first-order valence-corrected chi connectivity index (χ1v) is 12.8. The van der Waals surface area contributed by atoms with Crippen molar-refractivity contribution in [2.45, 2.75) is 38.6 Å². The molecule has 0 radical (unpaired) electrons. The van der Waals surface area contributed by atoms with Crippen LogP contribution in [-0.4, -0.2) is 71.4 Å². The van der Waals surface area contributed by atoms with Gasteiger partial charge in [0.25, 0.3) is 17.7 Å². The van der Waals surface area contributed by atoms with Gasteiger partial charge in [0, 0.05) is 30.9 Å². The summed E-state index contributed by atoms with van der Waals surface area (Å²) >= 11 is 0. The van der Waals surface area contributed by atoms with Gasteiger partial charge in [0.05, 0.1) is 19.7 Å². The van der Waals surface area contributed by atoms with Crippen LogP contribution in [0.4, 0.5) is 0 Å². The van der Waals surface area contributed by atoms with Gasteiger partial charge >= 0.3 is 0 Å². The van der Waals surface area contributed by atoms with Gasteiger partial charge in [0.1, 0.15) is 17.5 Å². The molecule has 1 saturated heterocycles. The van der Waals surface area contributed by atoms with Gasteiger partial charge in [-0.15, -0.1) is 0 Å². The predicted molar refractivity (Wildman–Crippen MR) is 141 cm³/mol. The van der Waals surface area contributed by atoms with Gasteiger partial charge in [-0.2, -0.15) is 5.10 Å². The number of hydrogen-bond acceptors (Lipinski definition) is 7. The summed E-state index contributed by atoms with van der Waals surface area (Å²) in [4.78, 5) is 40.6. The monoisotopic (exact) mass is 533 g/mol. The molecule has 2 atom stereocenters. The third-order valence-corrected chi connectivity index (χ3v) is 6.71. The van der Waals surface area contributed by atoms with E-state index in [-0.39, 0.29) is 49.2 Å². The van der Waals surface area contributed by atoms with E-state index in [1.807, 2.05) is 26.0 Å². The predicted octanol–water partition coefficient (Wildman–Crippen LogP) is 2.18. The molecule has 11 nitrogen and oxygen atoms in total. The molecule has 1 fully saturated rings. The van der Waals surface area contributed by atoms with Crippen LogP contribution in [0.25, 0.3) is 0 Å².